The van der Waals surface area contributed by atoms with Crippen LogP contribution in [0.1, 0.15) is 24.4 Å². The lowest BCUT2D eigenvalue weighted by molar-refractivity contribution is -0.168. The van der Waals surface area contributed by atoms with Gasteiger partial charge in [0.05, 0.1) is 19.5 Å². The van der Waals surface area contributed by atoms with Gasteiger partial charge in [-0.15, -0.1) is 0 Å². The lowest BCUT2D eigenvalue weighted by atomic mass is 10.1. The summed E-state index contributed by atoms with van der Waals surface area (Å²) in [6.07, 6.45) is -7.61. The van der Waals surface area contributed by atoms with E-state index in [4.69, 9.17) is 39.5 Å². The summed E-state index contributed by atoms with van der Waals surface area (Å²) in [6.45, 7) is -1.64. The summed E-state index contributed by atoms with van der Waals surface area (Å²) in [7, 11) is -8.88. The molecule has 9 atom stereocenters. The number of rotatable bonds is 15. The van der Waals surface area contributed by atoms with Gasteiger partial charge in [-0.25, -0.2) is 33.7 Å². The van der Waals surface area contributed by atoms with Gasteiger partial charge in [0.15, 0.2) is 29.9 Å². The highest BCUT2D eigenvalue weighted by Crippen LogP contribution is 2.50. The van der Waals surface area contributed by atoms with E-state index in [0.29, 0.717) is 0 Å². The molecule has 54 heavy (non-hydrogen) atoms. The van der Waals surface area contributed by atoms with Crippen molar-refractivity contribution in [3.63, 3.8) is 0 Å². The Bertz CT molecular complexity index is 2100. The first-order chi connectivity index (χ1) is 25.6. The molecule has 0 aliphatic carbocycles. The second kappa shape index (κ2) is 16.3. The Morgan fingerprint density at radius 2 is 1.76 bits per heavy atom. The first kappa shape index (κ1) is 39.5. The number of nitrogen functional groups attached to an aromatic ring is 2. The topological polar surface area (TPSA) is 327 Å². The molecule has 0 amide bonds. The number of aromatic nitrogens is 6. The molecule has 25 heteroatoms. The number of phosphoric ester groups is 2. The molecule has 1 unspecified atom stereocenters. The van der Waals surface area contributed by atoms with E-state index in [1.54, 1.807) is 30.3 Å². The Labute approximate surface area is 304 Å². The van der Waals surface area contributed by atoms with Gasteiger partial charge in [-0.3, -0.25) is 22.7 Å². The summed E-state index contributed by atoms with van der Waals surface area (Å²) in [5, 5.41) is 11.5. The molecule has 6 rings (SSSR count). The Hall–Kier alpha value is -4.22. The van der Waals surface area contributed by atoms with Gasteiger partial charge in [0, 0.05) is 26.1 Å². The normalized spacial score (nSPS) is 26.1. The van der Waals surface area contributed by atoms with Crippen LogP contribution in [0.5, 0.6) is 0 Å². The molecule has 2 aliphatic heterocycles. The molecule has 292 valence electrons. The van der Waals surface area contributed by atoms with Gasteiger partial charge in [0.2, 0.25) is 0 Å². The van der Waals surface area contributed by atoms with Gasteiger partial charge in [-0.1, -0.05) is 30.3 Å². The quantitative estimate of drug-likeness (QED) is 0.0656. The van der Waals surface area contributed by atoms with E-state index in [0.717, 1.165) is 16.5 Å². The minimum atomic E-state index is -5.15. The number of benzene rings is 1. The van der Waals surface area contributed by atoms with Crippen LogP contribution in [0.15, 0.2) is 60.0 Å². The number of nitrogens with zero attached hydrogens (tertiary/aromatic N) is 6. The summed E-state index contributed by atoms with van der Waals surface area (Å²) in [6, 6.07) is 10.2. The van der Waals surface area contributed by atoms with Crippen LogP contribution in [0.25, 0.3) is 11.2 Å². The molecular formula is C29H36N8O15P2. The highest BCUT2D eigenvalue weighted by atomic mass is 31.2. The lowest BCUT2D eigenvalue weighted by Crippen LogP contribution is -2.41. The minimum Gasteiger partial charge on any atom is -0.455 e. The van der Waals surface area contributed by atoms with Crippen molar-refractivity contribution in [2.75, 3.05) is 31.8 Å². The number of ether oxygens (including phenoxy) is 4. The number of hydrogen-bond donors (Lipinski definition) is 6. The maximum atomic E-state index is 13.4. The Kier molecular flexibility index (Phi) is 11.9. The summed E-state index contributed by atoms with van der Waals surface area (Å²) >= 11 is 0. The number of anilines is 2. The number of phosphoric acid groups is 2. The predicted molar refractivity (Wildman–Crippen MR) is 181 cm³/mol. The van der Waals surface area contributed by atoms with Crippen molar-refractivity contribution in [2.45, 2.75) is 61.9 Å². The molecule has 3 aromatic heterocycles. The fourth-order valence-electron chi connectivity index (χ4n) is 5.90. The van der Waals surface area contributed by atoms with Crippen LogP contribution in [0.2, 0.25) is 0 Å². The van der Waals surface area contributed by atoms with Crippen LogP contribution in [-0.4, -0.2) is 112 Å². The predicted octanol–water partition coefficient (Wildman–Crippen LogP) is -0.426. The van der Waals surface area contributed by atoms with Gasteiger partial charge < -0.3 is 50.2 Å². The number of esters is 1. The van der Waals surface area contributed by atoms with E-state index < -0.39 is 89.6 Å². The van der Waals surface area contributed by atoms with E-state index in [1.165, 1.54) is 30.3 Å². The Balaban J connectivity index is 1.21. The Morgan fingerprint density at radius 3 is 2.46 bits per heavy atom. The zero-order valence-electron chi connectivity index (χ0n) is 28.2. The summed E-state index contributed by atoms with van der Waals surface area (Å²) in [5.41, 5.74) is 11.7. The van der Waals surface area contributed by atoms with Crippen molar-refractivity contribution in [2.24, 2.45) is 0 Å². The Morgan fingerprint density at radius 1 is 1.02 bits per heavy atom. The van der Waals surface area contributed by atoms with Crippen LogP contribution in [0.3, 0.4) is 0 Å². The number of methoxy groups -OCH3 is 1. The second-order valence-corrected chi connectivity index (χ2v) is 14.7. The molecule has 8 N–H and O–H groups in total. The molecule has 1 aromatic carbocycles. The van der Waals surface area contributed by atoms with Crippen molar-refractivity contribution in [3.8, 4) is 0 Å². The number of carbonyl (C=O) groups excluding carboxylic acids is 1. The molecule has 4 aromatic rings. The molecule has 23 nitrogen and oxygen atoms in total. The average Bonchev–Trinajstić information content (AvgIpc) is 3.81. The molecule has 2 saturated heterocycles. The van der Waals surface area contributed by atoms with Crippen LogP contribution >= 0.6 is 15.6 Å². The summed E-state index contributed by atoms with van der Waals surface area (Å²) < 4.78 is 65.1. The van der Waals surface area contributed by atoms with Crippen molar-refractivity contribution >= 4 is 44.4 Å². The molecule has 5 heterocycles. The van der Waals surface area contributed by atoms with Gasteiger partial charge in [0.25, 0.3) is 0 Å². The highest BCUT2D eigenvalue weighted by Gasteiger charge is 2.50. The summed E-state index contributed by atoms with van der Waals surface area (Å²) in [5.74, 6) is -0.939. The van der Waals surface area contributed by atoms with Gasteiger partial charge >= 0.3 is 27.3 Å². The second-order valence-electron chi connectivity index (χ2n) is 12.1. The molecule has 0 radical (unpaired) electrons. The average molecular weight is 799 g/mol. The molecule has 0 saturated carbocycles. The molecule has 0 spiro atoms. The minimum absolute atomic E-state index is 0.0384. The number of aliphatic hydroxyl groups is 1. The third-order valence-corrected chi connectivity index (χ3v) is 9.95. The number of carbonyl (C=O) groups is 1. The van der Waals surface area contributed by atoms with Gasteiger partial charge in [0.1, 0.15) is 48.3 Å². The van der Waals surface area contributed by atoms with Crippen LogP contribution in [0, 0.1) is 0 Å². The summed E-state index contributed by atoms with van der Waals surface area (Å²) in [4.78, 5) is 71.0. The molecule has 2 fully saturated rings. The SMILES string of the molecule is CO[C@@H](Cc1ccccc1)C(=O)O[C@H]1[C@@H](O)[C@H](n2cnc3c(N)ncnc32)O[C@@H]1COP(=O)(O)O[C@H]1C[C@H](n2ccc(N)nc2=O)O[C@@H]1COP(=O)(O)O. The van der Waals surface area contributed by atoms with Gasteiger partial charge in [-0.05, 0) is 11.6 Å². The maximum absolute atomic E-state index is 13.4. The van der Waals surface area contributed by atoms with Crippen molar-refractivity contribution in [1.29, 1.82) is 0 Å². The first-order valence-electron chi connectivity index (χ1n) is 16.0. The maximum Gasteiger partial charge on any atom is 0.472 e. The highest BCUT2D eigenvalue weighted by molar-refractivity contribution is 7.47. The van der Waals surface area contributed by atoms with Crippen molar-refractivity contribution < 1.29 is 66.2 Å². The van der Waals surface area contributed by atoms with Crippen molar-refractivity contribution in [1.82, 2.24) is 29.1 Å². The van der Waals surface area contributed by atoms with E-state index >= 15 is 0 Å². The molecule has 0 bridgehead atoms. The number of fused-ring (bicyclic) bond motifs is 1. The fourth-order valence-corrected chi connectivity index (χ4v) is 7.20. The number of aliphatic hydroxyl groups excluding tert-OH is 1. The fraction of sp³-hybridized carbons (Fsp3) is 0.448. The van der Waals surface area contributed by atoms with E-state index in [1.807, 2.05) is 0 Å². The van der Waals surface area contributed by atoms with Gasteiger partial charge in [-0.2, -0.15) is 4.98 Å². The lowest BCUT2D eigenvalue weighted by Gasteiger charge is -2.25. The number of nitrogens with two attached hydrogens (primary N) is 2. The smallest absolute Gasteiger partial charge is 0.455 e. The van der Waals surface area contributed by atoms with E-state index in [9.17, 15) is 38.5 Å². The zero-order chi connectivity index (χ0) is 38.8. The number of imidazole rings is 1. The van der Waals surface area contributed by atoms with Crippen LogP contribution in [-0.2, 0) is 52.9 Å². The van der Waals surface area contributed by atoms with E-state index in [-0.39, 0.29) is 35.6 Å². The zero-order valence-corrected chi connectivity index (χ0v) is 29.9. The van der Waals surface area contributed by atoms with Crippen LogP contribution < -0.4 is 17.2 Å². The molecule has 2 aliphatic rings. The standard InChI is InChI=1S/C29H36N8O15P2/c1-46-17(9-15-5-3-2-4-6-15)28(39)51-24-19(50-27(23(24)38)37-14-34-22-25(31)32-13-33-26(22)37)12-48-54(44,45)52-16-10-21(36-8-7-20(30)35-29(36)40)49-18(16)11-47-53(41,42)43/h2-8,13-14,16-19,21,23-24,27,38H,9-12H2,1H3,(H,44,45)(H2,30,35,40)(H2,31,32,33)(H2,41,42,43)/t16-,17-,18+,19+,21+,23+,24+,27+/m0/s1. The number of hydrogen-bond acceptors (Lipinski definition) is 18. The third kappa shape index (κ3) is 9.17. The van der Waals surface area contributed by atoms with Crippen molar-refractivity contribution in [3.05, 3.63) is 71.3 Å². The molecular weight excluding hydrogens is 762 g/mol. The monoisotopic (exact) mass is 798 g/mol. The van der Waals surface area contributed by atoms with Crippen LogP contribution in [0.4, 0.5) is 11.6 Å². The first-order valence-corrected chi connectivity index (χ1v) is 19.0. The third-order valence-electron chi connectivity index (χ3n) is 8.45. The largest absolute Gasteiger partial charge is 0.472 e. The van der Waals surface area contributed by atoms with E-state index in [2.05, 4.69) is 24.5 Å².